The van der Waals surface area contributed by atoms with Gasteiger partial charge in [0.1, 0.15) is 5.75 Å². The van der Waals surface area contributed by atoms with E-state index in [1.807, 2.05) is 24.3 Å². The van der Waals surface area contributed by atoms with Crippen molar-refractivity contribution in [1.29, 1.82) is 0 Å². The molecule has 1 saturated heterocycles. The fourth-order valence-corrected chi connectivity index (χ4v) is 3.86. The SMILES string of the molecule is COc1cccc(CN(C)S(=O)(=O)N2CCC[C@H](O)C2)c1. The molecular weight excluding hydrogens is 292 g/mol. The van der Waals surface area contributed by atoms with Crippen LogP contribution in [0.4, 0.5) is 0 Å². The smallest absolute Gasteiger partial charge is 0.282 e. The molecule has 0 amide bonds. The molecule has 1 N–H and O–H groups in total. The Hall–Kier alpha value is -1.15. The molecule has 0 aliphatic carbocycles. The number of hydrogen-bond donors (Lipinski definition) is 1. The molecule has 2 rings (SSSR count). The molecule has 0 spiro atoms. The lowest BCUT2D eigenvalue weighted by Gasteiger charge is -2.32. The Bertz CT molecular complexity index is 576. The van der Waals surface area contributed by atoms with Gasteiger partial charge in [0, 0.05) is 26.7 Å². The monoisotopic (exact) mass is 314 g/mol. The average Bonchev–Trinajstić information content (AvgIpc) is 2.47. The van der Waals surface area contributed by atoms with Crippen LogP contribution in [0.15, 0.2) is 24.3 Å². The Balaban J connectivity index is 2.08. The van der Waals surface area contributed by atoms with Gasteiger partial charge in [-0.1, -0.05) is 12.1 Å². The van der Waals surface area contributed by atoms with E-state index in [2.05, 4.69) is 0 Å². The molecule has 6 nitrogen and oxygen atoms in total. The van der Waals surface area contributed by atoms with E-state index in [1.165, 1.54) is 8.61 Å². The number of benzene rings is 1. The third-order valence-electron chi connectivity index (χ3n) is 3.62. The number of β-amino-alcohol motifs (C(OH)–C–C–N with tert-alkyl or cyclic N) is 1. The highest BCUT2D eigenvalue weighted by Gasteiger charge is 2.31. The number of nitrogens with zero attached hydrogens (tertiary/aromatic N) is 2. The minimum Gasteiger partial charge on any atom is -0.497 e. The zero-order valence-corrected chi connectivity index (χ0v) is 13.2. The van der Waals surface area contributed by atoms with Crippen molar-refractivity contribution in [2.24, 2.45) is 0 Å². The van der Waals surface area contributed by atoms with E-state index in [9.17, 15) is 13.5 Å². The first-order valence-corrected chi connectivity index (χ1v) is 8.35. The normalized spacial score (nSPS) is 20.7. The zero-order chi connectivity index (χ0) is 15.5. The van der Waals surface area contributed by atoms with Gasteiger partial charge < -0.3 is 9.84 Å². The quantitative estimate of drug-likeness (QED) is 0.874. The van der Waals surface area contributed by atoms with E-state index in [4.69, 9.17) is 4.74 Å². The van der Waals surface area contributed by atoms with Crippen molar-refractivity contribution in [2.75, 3.05) is 27.2 Å². The van der Waals surface area contributed by atoms with Gasteiger partial charge in [-0.15, -0.1) is 0 Å². The van der Waals surface area contributed by atoms with E-state index in [0.717, 1.165) is 5.56 Å². The lowest BCUT2D eigenvalue weighted by molar-refractivity contribution is 0.105. The zero-order valence-electron chi connectivity index (χ0n) is 12.4. The molecular formula is C14H22N2O4S. The van der Waals surface area contributed by atoms with E-state index in [1.54, 1.807) is 14.2 Å². The Labute approximate surface area is 126 Å². The summed E-state index contributed by atoms with van der Waals surface area (Å²) in [6.45, 7) is 0.902. The number of piperidine rings is 1. The van der Waals surface area contributed by atoms with E-state index < -0.39 is 16.3 Å². The molecule has 0 unspecified atom stereocenters. The van der Waals surface area contributed by atoms with Gasteiger partial charge in [0.25, 0.3) is 10.2 Å². The van der Waals surface area contributed by atoms with Gasteiger partial charge >= 0.3 is 0 Å². The minimum atomic E-state index is -3.55. The third-order valence-corrected chi connectivity index (χ3v) is 5.52. The number of ether oxygens (including phenoxy) is 1. The molecule has 0 aromatic heterocycles. The van der Waals surface area contributed by atoms with Crippen molar-refractivity contribution in [2.45, 2.75) is 25.5 Å². The molecule has 1 aliphatic rings. The topological polar surface area (TPSA) is 70.1 Å². The van der Waals surface area contributed by atoms with Crippen molar-refractivity contribution >= 4 is 10.2 Å². The summed E-state index contributed by atoms with van der Waals surface area (Å²) < 4.78 is 32.8. The maximum Gasteiger partial charge on any atom is 0.282 e. The van der Waals surface area contributed by atoms with Gasteiger partial charge in [-0.25, -0.2) is 0 Å². The standard InChI is InChI=1S/C14H22N2O4S/c1-15(10-12-5-3-7-14(9-12)20-2)21(18,19)16-8-4-6-13(17)11-16/h3,5,7,9,13,17H,4,6,8,10-11H2,1-2H3/t13-/m0/s1. The van der Waals surface area contributed by atoms with Gasteiger partial charge in [-0.05, 0) is 30.5 Å². The Morgan fingerprint density at radius 1 is 1.48 bits per heavy atom. The second kappa shape index (κ2) is 6.74. The third kappa shape index (κ3) is 3.94. The van der Waals surface area contributed by atoms with Crippen molar-refractivity contribution in [3.8, 4) is 5.75 Å². The highest BCUT2D eigenvalue weighted by atomic mass is 32.2. The van der Waals surface area contributed by atoms with Crippen LogP contribution in [0.2, 0.25) is 0 Å². The van der Waals surface area contributed by atoms with Crippen molar-refractivity contribution in [3.05, 3.63) is 29.8 Å². The first kappa shape index (κ1) is 16.2. The van der Waals surface area contributed by atoms with Crippen LogP contribution in [0.1, 0.15) is 18.4 Å². The van der Waals surface area contributed by atoms with Crippen LogP contribution in [0.25, 0.3) is 0 Å². The molecule has 1 aromatic rings. The molecule has 0 saturated carbocycles. The van der Waals surface area contributed by atoms with Crippen LogP contribution < -0.4 is 4.74 Å². The summed E-state index contributed by atoms with van der Waals surface area (Å²) >= 11 is 0. The summed E-state index contributed by atoms with van der Waals surface area (Å²) in [4.78, 5) is 0. The fourth-order valence-electron chi connectivity index (χ4n) is 2.44. The lowest BCUT2D eigenvalue weighted by Crippen LogP contribution is -2.47. The molecule has 21 heavy (non-hydrogen) atoms. The number of aliphatic hydroxyl groups is 1. The average molecular weight is 314 g/mol. The molecule has 118 valence electrons. The van der Waals surface area contributed by atoms with Crippen LogP contribution in [-0.4, -0.2) is 55.5 Å². The van der Waals surface area contributed by atoms with Gasteiger partial charge in [0.15, 0.2) is 0 Å². The molecule has 1 heterocycles. The van der Waals surface area contributed by atoms with Crippen LogP contribution in [0, 0.1) is 0 Å². The number of aliphatic hydroxyl groups excluding tert-OH is 1. The first-order valence-electron chi connectivity index (χ1n) is 6.96. The Morgan fingerprint density at radius 2 is 2.24 bits per heavy atom. The van der Waals surface area contributed by atoms with Gasteiger partial charge in [0.2, 0.25) is 0 Å². The van der Waals surface area contributed by atoms with E-state index in [-0.39, 0.29) is 13.1 Å². The molecule has 7 heteroatoms. The maximum absolute atomic E-state index is 12.5. The van der Waals surface area contributed by atoms with Crippen LogP contribution >= 0.6 is 0 Å². The van der Waals surface area contributed by atoms with E-state index in [0.29, 0.717) is 25.1 Å². The predicted octanol–water partition coefficient (Wildman–Crippen LogP) is 0.829. The lowest BCUT2D eigenvalue weighted by atomic mass is 10.1. The van der Waals surface area contributed by atoms with Crippen molar-refractivity contribution in [1.82, 2.24) is 8.61 Å². The molecule has 1 fully saturated rings. The van der Waals surface area contributed by atoms with Crippen LogP contribution in [0.3, 0.4) is 0 Å². The molecule has 1 aromatic carbocycles. The second-order valence-corrected chi connectivity index (χ2v) is 7.30. The number of hydrogen-bond acceptors (Lipinski definition) is 4. The fraction of sp³-hybridized carbons (Fsp3) is 0.571. The summed E-state index contributed by atoms with van der Waals surface area (Å²) in [6, 6.07) is 7.33. The highest BCUT2D eigenvalue weighted by Crippen LogP contribution is 2.19. The molecule has 1 atom stereocenters. The van der Waals surface area contributed by atoms with Crippen molar-refractivity contribution in [3.63, 3.8) is 0 Å². The maximum atomic E-state index is 12.5. The van der Waals surface area contributed by atoms with Gasteiger partial charge in [0.05, 0.1) is 13.2 Å². The minimum absolute atomic E-state index is 0.171. The van der Waals surface area contributed by atoms with Crippen molar-refractivity contribution < 1.29 is 18.3 Å². The highest BCUT2D eigenvalue weighted by molar-refractivity contribution is 7.86. The molecule has 0 bridgehead atoms. The van der Waals surface area contributed by atoms with Gasteiger partial charge in [-0.3, -0.25) is 0 Å². The Morgan fingerprint density at radius 3 is 2.90 bits per heavy atom. The predicted molar refractivity (Wildman–Crippen MR) is 80.2 cm³/mol. The molecule has 1 aliphatic heterocycles. The molecule has 0 radical (unpaired) electrons. The number of rotatable bonds is 5. The summed E-state index contributed by atoms with van der Waals surface area (Å²) in [6.07, 6.45) is 0.776. The first-order chi connectivity index (χ1) is 9.93. The van der Waals surface area contributed by atoms with Crippen LogP contribution in [0.5, 0.6) is 5.75 Å². The summed E-state index contributed by atoms with van der Waals surface area (Å²) in [7, 11) is -0.417. The van der Waals surface area contributed by atoms with Gasteiger partial charge in [-0.2, -0.15) is 17.0 Å². The van der Waals surface area contributed by atoms with E-state index >= 15 is 0 Å². The van der Waals surface area contributed by atoms with Crippen LogP contribution in [-0.2, 0) is 16.8 Å². The summed E-state index contributed by atoms with van der Waals surface area (Å²) in [5, 5.41) is 9.64. The summed E-state index contributed by atoms with van der Waals surface area (Å²) in [5.41, 5.74) is 0.859. The Kier molecular flexibility index (Phi) is 5.21. The second-order valence-electron chi connectivity index (χ2n) is 5.27. The summed E-state index contributed by atoms with van der Waals surface area (Å²) in [5.74, 6) is 0.701. The largest absolute Gasteiger partial charge is 0.497 e. The number of methoxy groups -OCH3 is 1.